The van der Waals surface area contributed by atoms with Gasteiger partial charge in [-0.15, -0.1) is 0 Å². The lowest BCUT2D eigenvalue weighted by Gasteiger charge is -2.34. The van der Waals surface area contributed by atoms with Crippen LogP contribution in [0.15, 0.2) is 29.2 Å². The number of hydrogen-bond donors (Lipinski definition) is 2. The van der Waals surface area contributed by atoms with Crippen LogP contribution in [-0.4, -0.2) is 57.5 Å². The molecular weight excluding hydrogens is 264 g/mol. The van der Waals surface area contributed by atoms with Crippen molar-refractivity contribution in [2.45, 2.75) is 10.9 Å². The summed E-state index contributed by atoms with van der Waals surface area (Å²) in [4.78, 5) is 2.53. The van der Waals surface area contributed by atoms with Crippen LogP contribution >= 0.6 is 0 Å². The number of sulfone groups is 1. The van der Waals surface area contributed by atoms with Crippen LogP contribution in [0.4, 0.5) is 0 Å². The van der Waals surface area contributed by atoms with Gasteiger partial charge in [0.1, 0.15) is 0 Å². The minimum atomic E-state index is -3.16. The number of piperazine rings is 1. The average Bonchev–Trinajstić information content (AvgIpc) is 2.40. The standard InChI is InChI=1S/C13H20N2O3S/c1-19(17,18)12-4-2-11(3-5-12)13(10-16)15-8-6-14-7-9-15/h2-5,13-14,16H,6-10H2,1H3/t13-/m0/s1. The Bertz CT molecular complexity index is 507. The van der Waals surface area contributed by atoms with Crippen LogP contribution in [0.3, 0.4) is 0 Å². The Balaban J connectivity index is 2.19. The molecule has 0 radical (unpaired) electrons. The van der Waals surface area contributed by atoms with Crippen LogP contribution < -0.4 is 5.32 Å². The summed E-state index contributed by atoms with van der Waals surface area (Å²) in [6.45, 7) is 3.65. The Hall–Kier alpha value is -0.950. The van der Waals surface area contributed by atoms with E-state index in [2.05, 4.69) is 10.2 Å². The van der Waals surface area contributed by atoms with Crippen molar-refractivity contribution in [1.29, 1.82) is 0 Å². The van der Waals surface area contributed by atoms with Crippen molar-refractivity contribution in [2.24, 2.45) is 0 Å². The van der Waals surface area contributed by atoms with E-state index >= 15 is 0 Å². The Morgan fingerprint density at radius 2 is 1.84 bits per heavy atom. The minimum absolute atomic E-state index is 0.0399. The molecule has 2 rings (SSSR count). The summed E-state index contributed by atoms with van der Waals surface area (Å²) >= 11 is 0. The fraction of sp³-hybridized carbons (Fsp3) is 0.538. The Labute approximate surface area is 114 Å². The van der Waals surface area contributed by atoms with Crippen LogP contribution in [0.25, 0.3) is 0 Å². The van der Waals surface area contributed by atoms with Gasteiger partial charge >= 0.3 is 0 Å². The summed E-state index contributed by atoms with van der Waals surface area (Å²) in [5.74, 6) is 0. The van der Waals surface area contributed by atoms with Crippen molar-refractivity contribution in [2.75, 3.05) is 39.0 Å². The number of benzene rings is 1. The third-order valence-electron chi connectivity index (χ3n) is 3.46. The summed E-state index contributed by atoms with van der Waals surface area (Å²) in [5, 5.41) is 12.9. The predicted molar refractivity (Wildman–Crippen MR) is 73.8 cm³/mol. The highest BCUT2D eigenvalue weighted by molar-refractivity contribution is 7.90. The lowest BCUT2D eigenvalue weighted by molar-refractivity contribution is 0.111. The molecule has 0 bridgehead atoms. The van der Waals surface area contributed by atoms with E-state index in [-0.39, 0.29) is 12.6 Å². The van der Waals surface area contributed by atoms with Crippen LogP contribution in [0.5, 0.6) is 0 Å². The summed E-state index contributed by atoms with van der Waals surface area (Å²) in [7, 11) is -3.16. The average molecular weight is 284 g/mol. The zero-order valence-corrected chi connectivity index (χ0v) is 11.9. The maximum absolute atomic E-state index is 11.4. The van der Waals surface area contributed by atoms with Crippen LogP contribution in [0, 0.1) is 0 Å². The molecule has 19 heavy (non-hydrogen) atoms. The van der Waals surface area contributed by atoms with Gasteiger partial charge in [0, 0.05) is 32.4 Å². The molecule has 1 aliphatic rings. The van der Waals surface area contributed by atoms with Crippen LogP contribution in [0.1, 0.15) is 11.6 Å². The first-order valence-electron chi connectivity index (χ1n) is 6.38. The Kier molecular flexibility index (Phi) is 4.57. The molecule has 6 heteroatoms. The fourth-order valence-corrected chi connectivity index (χ4v) is 2.99. The van der Waals surface area contributed by atoms with Gasteiger partial charge < -0.3 is 10.4 Å². The number of hydrogen-bond acceptors (Lipinski definition) is 5. The topological polar surface area (TPSA) is 69.6 Å². The zero-order chi connectivity index (χ0) is 13.9. The number of rotatable bonds is 4. The van der Waals surface area contributed by atoms with E-state index in [4.69, 9.17) is 0 Å². The molecule has 0 amide bonds. The van der Waals surface area contributed by atoms with Gasteiger partial charge in [-0.1, -0.05) is 12.1 Å². The first-order chi connectivity index (χ1) is 9.02. The first kappa shape index (κ1) is 14.5. The van der Waals surface area contributed by atoms with Gasteiger partial charge in [-0.3, -0.25) is 4.90 Å². The smallest absolute Gasteiger partial charge is 0.175 e. The molecule has 1 atom stereocenters. The molecule has 106 valence electrons. The van der Waals surface area contributed by atoms with Crippen molar-refractivity contribution in [3.8, 4) is 0 Å². The van der Waals surface area contributed by atoms with Crippen LogP contribution in [-0.2, 0) is 9.84 Å². The second-order valence-electron chi connectivity index (χ2n) is 4.83. The molecule has 2 N–H and O–H groups in total. The predicted octanol–water partition coefficient (Wildman–Crippen LogP) is 0.0287. The number of aliphatic hydroxyl groups excluding tert-OH is 1. The van der Waals surface area contributed by atoms with Crippen molar-refractivity contribution < 1.29 is 13.5 Å². The maximum atomic E-state index is 11.4. The van der Waals surface area contributed by atoms with E-state index in [1.54, 1.807) is 24.3 Å². The minimum Gasteiger partial charge on any atom is -0.394 e. The van der Waals surface area contributed by atoms with Crippen molar-refractivity contribution >= 4 is 9.84 Å². The van der Waals surface area contributed by atoms with E-state index < -0.39 is 9.84 Å². The zero-order valence-electron chi connectivity index (χ0n) is 11.0. The Morgan fingerprint density at radius 1 is 1.26 bits per heavy atom. The van der Waals surface area contributed by atoms with E-state index in [1.807, 2.05) is 0 Å². The molecule has 1 fully saturated rings. The summed E-state index contributed by atoms with van der Waals surface area (Å²) < 4.78 is 22.8. The van der Waals surface area contributed by atoms with Crippen molar-refractivity contribution in [3.63, 3.8) is 0 Å². The van der Waals surface area contributed by atoms with Crippen LogP contribution in [0.2, 0.25) is 0 Å². The molecule has 1 aromatic carbocycles. The molecule has 0 aliphatic carbocycles. The third kappa shape index (κ3) is 3.54. The lowest BCUT2D eigenvalue weighted by atomic mass is 10.1. The highest BCUT2D eigenvalue weighted by atomic mass is 32.2. The molecule has 0 aromatic heterocycles. The van der Waals surface area contributed by atoms with Crippen molar-refractivity contribution in [1.82, 2.24) is 10.2 Å². The first-order valence-corrected chi connectivity index (χ1v) is 8.27. The largest absolute Gasteiger partial charge is 0.394 e. The molecule has 1 aliphatic heterocycles. The highest BCUT2D eigenvalue weighted by Gasteiger charge is 2.21. The van der Waals surface area contributed by atoms with E-state index in [9.17, 15) is 13.5 Å². The quantitative estimate of drug-likeness (QED) is 0.816. The Morgan fingerprint density at radius 3 is 2.32 bits per heavy atom. The van der Waals surface area contributed by atoms with Gasteiger partial charge in [-0.25, -0.2) is 8.42 Å². The van der Waals surface area contributed by atoms with Gasteiger partial charge in [0.05, 0.1) is 17.5 Å². The number of nitrogens with one attached hydrogen (secondary N) is 1. The molecule has 1 saturated heterocycles. The highest BCUT2D eigenvalue weighted by Crippen LogP contribution is 2.22. The molecule has 5 nitrogen and oxygen atoms in total. The second-order valence-corrected chi connectivity index (χ2v) is 6.84. The number of aliphatic hydroxyl groups is 1. The van der Waals surface area contributed by atoms with Gasteiger partial charge in [-0.05, 0) is 17.7 Å². The van der Waals surface area contributed by atoms with Gasteiger partial charge in [-0.2, -0.15) is 0 Å². The molecule has 1 aromatic rings. The number of nitrogens with zero attached hydrogens (tertiary/aromatic N) is 1. The monoisotopic (exact) mass is 284 g/mol. The van der Waals surface area contributed by atoms with Gasteiger partial charge in [0.25, 0.3) is 0 Å². The van der Waals surface area contributed by atoms with Gasteiger partial charge in [0.2, 0.25) is 0 Å². The van der Waals surface area contributed by atoms with E-state index in [0.29, 0.717) is 4.90 Å². The second kappa shape index (κ2) is 6.00. The fourth-order valence-electron chi connectivity index (χ4n) is 2.36. The summed E-state index contributed by atoms with van der Waals surface area (Å²) in [6, 6.07) is 6.74. The normalized spacial score (nSPS) is 19.3. The molecule has 1 heterocycles. The van der Waals surface area contributed by atoms with Crippen molar-refractivity contribution in [3.05, 3.63) is 29.8 Å². The SMILES string of the molecule is CS(=O)(=O)c1ccc([C@H](CO)N2CCNCC2)cc1. The summed E-state index contributed by atoms with van der Waals surface area (Å²) in [5.41, 5.74) is 0.955. The summed E-state index contributed by atoms with van der Waals surface area (Å²) in [6.07, 6.45) is 1.20. The molecule has 0 spiro atoms. The third-order valence-corrected chi connectivity index (χ3v) is 4.59. The van der Waals surface area contributed by atoms with E-state index in [0.717, 1.165) is 31.7 Å². The molecule has 0 unspecified atom stereocenters. The molecule has 0 saturated carbocycles. The lowest BCUT2D eigenvalue weighted by Crippen LogP contribution is -2.46. The molecular formula is C13H20N2O3S. The van der Waals surface area contributed by atoms with E-state index in [1.165, 1.54) is 6.26 Å². The van der Waals surface area contributed by atoms with Gasteiger partial charge in [0.15, 0.2) is 9.84 Å². The maximum Gasteiger partial charge on any atom is 0.175 e.